The number of esters is 1. The Kier molecular flexibility index (Phi) is 3.53. The van der Waals surface area contributed by atoms with Crippen LogP contribution < -0.4 is 0 Å². The van der Waals surface area contributed by atoms with E-state index in [1.165, 1.54) is 0 Å². The Morgan fingerprint density at radius 1 is 1.75 bits per heavy atom. The Balaban J connectivity index is 2.34. The third-order valence-corrected chi connectivity index (χ3v) is 2.18. The van der Waals surface area contributed by atoms with Gasteiger partial charge in [0.15, 0.2) is 0 Å². The predicted molar refractivity (Wildman–Crippen MR) is 44.8 cm³/mol. The minimum absolute atomic E-state index is 0.0871. The van der Waals surface area contributed by atoms with Gasteiger partial charge in [0.05, 0.1) is 18.6 Å². The molecule has 3 nitrogen and oxygen atoms in total. The first-order chi connectivity index (χ1) is 5.75. The van der Waals surface area contributed by atoms with Gasteiger partial charge >= 0.3 is 5.97 Å². The van der Waals surface area contributed by atoms with Gasteiger partial charge < -0.3 is 9.47 Å². The molecule has 0 aliphatic carbocycles. The molecule has 1 heterocycles. The molecule has 1 rings (SSSR count). The van der Waals surface area contributed by atoms with E-state index in [4.69, 9.17) is 9.47 Å². The summed E-state index contributed by atoms with van der Waals surface area (Å²) in [5.41, 5.74) is 0. The smallest absolute Gasteiger partial charge is 0.311 e. The molecule has 1 fully saturated rings. The zero-order valence-corrected chi connectivity index (χ0v) is 7.71. The van der Waals surface area contributed by atoms with Gasteiger partial charge in [0.25, 0.3) is 0 Å². The highest BCUT2D eigenvalue weighted by Gasteiger charge is 2.28. The van der Waals surface area contributed by atoms with Gasteiger partial charge in [-0.25, -0.2) is 0 Å². The molecule has 0 bridgehead atoms. The van der Waals surface area contributed by atoms with Gasteiger partial charge in [-0.3, -0.25) is 4.79 Å². The topological polar surface area (TPSA) is 35.5 Å². The molecule has 0 unspecified atom stereocenters. The van der Waals surface area contributed by atoms with Gasteiger partial charge in [-0.1, -0.05) is 0 Å². The first-order valence-corrected chi connectivity index (χ1v) is 4.54. The molecule has 0 aromatic carbocycles. The van der Waals surface area contributed by atoms with Crippen LogP contribution in [0.4, 0.5) is 0 Å². The van der Waals surface area contributed by atoms with Gasteiger partial charge in [0, 0.05) is 6.61 Å². The van der Waals surface area contributed by atoms with Crippen molar-refractivity contribution >= 4 is 5.97 Å². The van der Waals surface area contributed by atoms with E-state index in [0.29, 0.717) is 6.61 Å². The third-order valence-electron chi connectivity index (χ3n) is 2.18. The third kappa shape index (κ3) is 2.21. The van der Waals surface area contributed by atoms with E-state index >= 15 is 0 Å². The molecule has 0 saturated carbocycles. The monoisotopic (exact) mass is 172 g/mol. The Morgan fingerprint density at radius 3 is 3.00 bits per heavy atom. The van der Waals surface area contributed by atoms with Gasteiger partial charge in [0.2, 0.25) is 0 Å². The molecular formula is C9H16O3. The number of hydrogen-bond acceptors (Lipinski definition) is 3. The molecule has 0 aromatic rings. The van der Waals surface area contributed by atoms with Crippen LogP contribution in [0.15, 0.2) is 0 Å². The lowest BCUT2D eigenvalue weighted by molar-refractivity contribution is -0.151. The Labute approximate surface area is 73.0 Å². The molecule has 70 valence electrons. The Bertz CT molecular complexity index is 150. The SMILES string of the molecule is CCOC(=O)[C@@H](C)[C@H]1CCCO1. The van der Waals surface area contributed by atoms with Crippen molar-refractivity contribution in [3.05, 3.63) is 0 Å². The van der Waals surface area contributed by atoms with E-state index in [1.54, 1.807) is 0 Å². The van der Waals surface area contributed by atoms with Crippen molar-refractivity contribution in [1.82, 2.24) is 0 Å². The van der Waals surface area contributed by atoms with Gasteiger partial charge in [-0.05, 0) is 26.7 Å². The van der Waals surface area contributed by atoms with E-state index in [1.807, 2.05) is 13.8 Å². The van der Waals surface area contributed by atoms with Crippen LogP contribution in [0.3, 0.4) is 0 Å². The average molecular weight is 172 g/mol. The molecule has 12 heavy (non-hydrogen) atoms. The molecule has 0 N–H and O–H groups in total. The predicted octanol–water partition coefficient (Wildman–Crippen LogP) is 1.36. The molecular weight excluding hydrogens is 156 g/mol. The fraction of sp³-hybridized carbons (Fsp3) is 0.889. The summed E-state index contributed by atoms with van der Waals surface area (Å²) in [5.74, 6) is -0.239. The highest BCUT2D eigenvalue weighted by atomic mass is 16.5. The van der Waals surface area contributed by atoms with Crippen LogP contribution in [0.25, 0.3) is 0 Å². The van der Waals surface area contributed by atoms with Crippen molar-refractivity contribution in [3.8, 4) is 0 Å². The fourth-order valence-electron chi connectivity index (χ4n) is 1.42. The number of carbonyl (C=O) groups is 1. The minimum atomic E-state index is -0.135. The summed E-state index contributed by atoms with van der Waals surface area (Å²) in [6, 6.07) is 0. The molecule has 1 aliphatic heterocycles. The van der Waals surface area contributed by atoms with E-state index in [9.17, 15) is 4.79 Å². The zero-order valence-electron chi connectivity index (χ0n) is 7.71. The molecule has 0 aromatic heterocycles. The molecule has 0 radical (unpaired) electrons. The van der Waals surface area contributed by atoms with Crippen LogP contribution in [0.2, 0.25) is 0 Å². The largest absolute Gasteiger partial charge is 0.466 e. The number of ether oxygens (including phenoxy) is 2. The molecule has 0 spiro atoms. The number of rotatable bonds is 3. The highest BCUT2D eigenvalue weighted by molar-refractivity contribution is 5.72. The lowest BCUT2D eigenvalue weighted by Crippen LogP contribution is -2.26. The first-order valence-electron chi connectivity index (χ1n) is 4.54. The summed E-state index contributed by atoms with van der Waals surface area (Å²) in [5, 5.41) is 0. The van der Waals surface area contributed by atoms with Crippen molar-refractivity contribution in [2.75, 3.05) is 13.2 Å². The molecule has 2 atom stereocenters. The average Bonchev–Trinajstić information content (AvgIpc) is 2.55. The molecule has 1 aliphatic rings. The van der Waals surface area contributed by atoms with Crippen LogP contribution in [-0.2, 0) is 14.3 Å². The molecule has 1 saturated heterocycles. The highest BCUT2D eigenvalue weighted by Crippen LogP contribution is 2.20. The van der Waals surface area contributed by atoms with Gasteiger partial charge in [-0.15, -0.1) is 0 Å². The number of hydrogen-bond donors (Lipinski definition) is 0. The van der Waals surface area contributed by atoms with Crippen LogP contribution in [0, 0.1) is 5.92 Å². The van der Waals surface area contributed by atoms with Crippen molar-refractivity contribution in [2.24, 2.45) is 5.92 Å². The quantitative estimate of drug-likeness (QED) is 0.603. The summed E-state index contributed by atoms with van der Waals surface area (Å²) in [6.07, 6.45) is 2.14. The van der Waals surface area contributed by atoms with Crippen LogP contribution in [0.5, 0.6) is 0 Å². The van der Waals surface area contributed by atoms with E-state index < -0.39 is 0 Å². The standard InChI is InChI=1S/C9H16O3/c1-3-11-9(10)7(2)8-5-4-6-12-8/h7-8H,3-6H2,1-2H3/t7-,8+/m0/s1. The lowest BCUT2D eigenvalue weighted by Gasteiger charge is -2.16. The van der Waals surface area contributed by atoms with Gasteiger partial charge in [0.1, 0.15) is 0 Å². The second-order valence-corrected chi connectivity index (χ2v) is 3.09. The van der Waals surface area contributed by atoms with E-state index in [-0.39, 0.29) is 18.0 Å². The number of carbonyl (C=O) groups excluding carboxylic acids is 1. The first kappa shape index (κ1) is 9.52. The van der Waals surface area contributed by atoms with Crippen molar-refractivity contribution in [2.45, 2.75) is 32.8 Å². The zero-order chi connectivity index (χ0) is 8.97. The van der Waals surface area contributed by atoms with Crippen LogP contribution >= 0.6 is 0 Å². The van der Waals surface area contributed by atoms with Crippen LogP contribution in [-0.4, -0.2) is 25.3 Å². The maximum atomic E-state index is 11.2. The summed E-state index contributed by atoms with van der Waals surface area (Å²) >= 11 is 0. The molecule has 0 amide bonds. The summed E-state index contributed by atoms with van der Waals surface area (Å²) in [4.78, 5) is 11.2. The Morgan fingerprint density at radius 2 is 2.50 bits per heavy atom. The maximum absolute atomic E-state index is 11.2. The maximum Gasteiger partial charge on any atom is 0.311 e. The minimum Gasteiger partial charge on any atom is -0.466 e. The van der Waals surface area contributed by atoms with Gasteiger partial charge in [-0.2, -0.15) is 0 Å². The molecule has 3 heteroatoms. The summed E-state index contributed by atoms with van der Waals surface area (Å²) in [7, 11) is 0. The second kappa shape index (κ2) is 4.45. The second-order valence-electron chi connectivity index (χ2n) is 3.09. The summed E-state index contributed by atoms with van der Waals surface area (Å²) < 4.78 is 10.3. The summed E-state index contributed by atoms with van der Waals surface area (Å²) in [6.45, 7) is 4.93. The fourth-order valence-corrected chi connectivity index (χ4v) is 1.42. The van der Waals surface area contributed by atoms with Crippen LogP contribution in [0.1, 0.15) is 26.7 Å². The normalized spacial score (nSPS) is 25.3. The van der Waals surface area contributed by atoms with E-state index in [0.717, 1.165) is 19.4 Å². The van der Waals surface area contributed by atoms with Crippen molar-refractivity contribution in [1.29, 1.82) is 0 Å². The van der Waals surface area contributed by atoms with Crippen molar-refractivity contribution < 1.29 is 14.3 Å². The Hall–Kier alpha value is -0.570. The van der Waals surface area contributed by atoms with Crippen molar-refractivity contribution in [3.63, 3.8) is 0 Å². The van der Waals surface area contributed by atoms with E-state index in [2.05, 4.69) is 0 Å². The lowest BCUT2D eigenvalue weighted by atomic mass is 10.0.